The first kappa shape index (κ1) is 21.6. The molecule has 0 saturated carbocycles. The molecule has 3 nitrogen and oxygen atoms in total. The van der Waals surface area contributed by atoms with Gasteiger partial charge in [-0.1, -0.05) is 56.1 Å². The van der Waals surface area contributed by atoms with E-state index >= 15 is 0 Å². The molecule has 1 N–H and O–H groups in total. The molecule has 0 aliphatic heterocycles. The highest BCUT2D eigenvalue weighted by Crippen LogP contribution is 2.26. The lowest BCUT2D eigenvalue weighted by Crippen LogP contribution is -2.37. The van der Waals surface area contributed by atoms with Crippen molar-refractivity contribution in [3.63, 3.8) is 0 Å². The highest BCUT2D eigenvalue weighted by Gasteiger charge is 2.19. The third-order valence-corrected chi connectivity index (χ3v) is 4.91. The molecule has 0 radical (unpaired) electrons. The van der Waals surface area contributed by atoms with Crippen molar-refractivity contribution in [2.24, 2.45) is 5.41 Å². The molecule has 27 heavy (non-hydrogen) atoms. The summed E-state index contributed by atoms with van der Waals surface area (Å²) in [5.41, 5.74) is 3.92. The van der Waals surface area contributed by atoms with Crippen molar-refractivity contribution in [3.05, 3.63) is 63.1 Å². The van der Waals surface area contributed by atoms with Gasteiger partial charge in [-0.3, -0.25) is 0 Å². The van der Waals surface area contributed by atoms with Gasteiger partial charge >= 0.3 is 6.03 Å². The smallest absolute Gasteiger partial charge is 0.320 e. The highest BCUT2D eigenvalue weighted by molar-refractivity contribution is 6.31. The van der Waals surface area contributed by atoms with Crippen molar-refractivity contribution in [2.45, 2.75) is 47.6 Å². The van der Waals surface area contributed by atoms with Crippen LogP contribution in [0.3, 0.4) is 0 Å². The number of carbonyl (C=O) groups is 1. The summed E-state index contributed by atoms with van der Waals surface area (Å²) in [6.45, 7) is 11.6. The molecular weight excluding hydrogens is 379 g/mol. The number of halogens is 2. The first-order chi connectivity index (χ1) is 12.5. The van der Waals surface area contributed by atoms with Crippen molar-refractivity contribution in [2.75, 3.05) is 11.9 Å². The minimum Gasteiger partial charge on any atom is -0.320 e. The number of urea groups is 1. The van der Waals surface area contributed by atoms with Crippen LogP contribution in [0.1, 0.15) is 43.9 Å². The van der Waals surface area contributed by atoms with Gasteiger partial charge in [-0.15, -0.1) is 0 Å². The molecule has 0 atom stereocenters. The molecule has 2 amide bonds. The van der Waals surface area contributed by atoms with Crippen molar-refractivity contribution >= 4 is 34.9 Å². The van der Waals surface area contributed by atoms with Gasteiger partial charge in [-0.05, 0) is 66.6 Å². The van der Waals surface area contributed by atoms with Crippen LogP contribution < -0.4 is 5.32 Å². The summed E-state index contributed by atoms with van der Waals surface area (Å²) in [6.07, 6.45) is 0.909. The van der Waals surface area contributed by atoms with Gasteiger partial charge in [-0.25, -0.2) is 4.79 Å². The highest BCUT2D eigenvalue weighted by atomic mass is 35.5. The predicted molar refractivity (Wildman–Crippen MR) is 116 cm³/mol. The molecule has 2 aromatic carbocycles. The molecule has 2 rings (SSSR count). The number of anilines is 1. The normalized spacial score (nSPS) is 11.4. The topological polar surface area (TPSA) is 32.3 Å². The van der Waals surface area contributed by atoms with Crippen LogP contribution in [-0.2, 0) is 6.54 Å². The SMILES string of the molecule is Cc1cc(Cl)cc(C)c1NC(=O)N(CCC(C)(C)C)Cc1ccc(Cl)cc1. The molecular formula is C22H28Cl2N2O. The maximum atomic E-state index is 13.0. The van der Waals surface area contributed by atoms with Gasteiger partial charge in [0.2, 0.25) is 0 Å². The lowest BCUT2D eigenvalue weighted by atomic mass is 9.92. The van der Waals surface area contributed by atoms with Crippen LogP contribution in [0.5, 0.6) is 0 Å². The quantitative estimate of drug-likeness (QED) is 0.564. The van der Waals surface area contributed by atoms with Gasteiger partial charge < -0.3 is 10.2 Å². The molecule has 0 unspecified atom stereocenters. The minimum atomic E-state index is -0.109. The molecule has 0 fully saturated rings. The van der Waals surface area contributed by atoms with Crippen LogP contribution in [0.4, 0.5) is 10.5 Å². The number of benzene rings is 2. The summed E-state index contributed by atoms with van der Waals surface area (Å²) >= 11 is 12.1. The van der Waals surface area contributed by atoms with Gasteiger partial charge in [0.15, 0.2) is 0 Å². The van der Waals surface area contributed by atoms with E-state index in [0.29, 0.717) is 23.1 Å². The van der Waals surface area contributed by atoms with Gasteiger partial charge in [0.05, 0.1) is 0 Å². The number of rotatable bonds is 5. The molecule has 0 spiro atoms. The van der Waals surface area contributed by atoms with Crippen LogP contribution in [0, 0.1) is 19.3 Å². The number of carbonyl (C=O) groups excluding carboxylic acids is 1. The fourth-order valence-corrected chi connectivity index (χ4v) is 3.28. The standard InChI is InChI=1S/C22H28Cl2N2O/c1-15-12-19(24)13-16(2)20(15)25-21(27)26(11-10-22(3,4)5)14-17-6-8-18(23)9-7-17/h6-9,12-13H,10-11,14H2,1-5H3,(H,25,27). The van der Waals surface area contributed by atoms with Gasteiger partial charge in [0.1, 0.15) is 0 Å². The molecule has 0 aliphatic rings. The maximum Gasteiger partial charge on any atom is 0.322 e. The Kier molecular flexibility index (Phi) is 7.19. The molecule has 146 valence electrons. The van der Waals surface area contributed by atoms with E-state index in [-0.39, 0.29) is 11.4 Å². The molecule has 0 bridgehead atoms. The van der Waals surface area contributed by atoms with E-state index in [1.165, 1.54) is 0 Å². The Hall–Kier alpha value is -1.71. The predicted octanol–water partition coefficient (Wildman–Crippen LogP) is 7.08. The summed E-state index contributed by atoms with van der Waals surface area (Å²) in [5.74, 6) is 0. The van der Waals surface area contributed by atoms with Gasteiger partial charge in [0.25, 0.3) is 0 Å². The lowest BCUT2D eigenvalue weighted by molar-refractivity contribution is 0.198. The Balaban J connectivity index is 2.20. The fraction of sp³-hybridized carbons (Fsp3) is 0.409. The lowest BCUT2D eigenvalue weighted by Gasteiger charge is -2.28. The number of hydrogen-bond acceptors (Lipinski definition) is 1. The maximum absolute atomic E-state index is 13.0. The molecule has 5 heteroatoms. The van der Waals surface area contributed by atoms with Crippen LogP contribution in [-0.4, -0.2) is 17.5 Å². The van der Waals surface area contributed by atoms with Gasteiger partial charge in [0, 0.05) is 28.8 Å². The average Bonchev–Trinajstić information content (AvgIpc) is 2.55. The van der Waals surface area contributed by atoms with Crippen molar-refractivity contribution in [1.82, 2.24) is 4.90 Å². The average molecular weight is 407 g/mol. The van der Waals surface area contributed by atoms with E-state index in [9.17, 15) is 4.79 Å². The Morgan fingerprint density at radius 1 is 1.00 bits per heavy atom. The zero-order chi connectivity index (χ0) is 20.2. The van der Waals surface area contributed by atoms with E-state index in [1.807, 2.05) is 55.1 Å². The molecule has 0 aromatic heterocycles. The molecule has 0 saturated heterocycles. The van der Waals surface area contributed by atoms with Crippen molar-refractivity contribution in [3.8, 4) is 0 Å². The largest absolute Gasteiger partial charge is 0.322 e. The zero-order valence-electron chi connectivity index (χ0n) is 16.7. The third kappa shape index (κ3) is 6.75. The molecule has 2 aromatic rings. The molecule has 0 aliphatic carbocycles. The third-order valence-electron chi connectivity index (χ3n) is 4.44. The summed E-state index contributed by atoms with van der Waals surface area (Å²) in [5, 5.41) is 4.44. The van der Waals surface area contributed by atoms with E-state index in [2.05, 4.69) is 26.1 Å². The second kappa shape index (κ2) is 8.99. The number of nitrogens with zero attached hydrogens (tertiary/aromatic N) is 1. The van der Waals surface area contributed by atoms with E-state index in [4.69, 9.17) is 23.2 Å². The van der Waals surface area contributed by atoms with E-state index in [0.717, 1.165) is 28.8 Å². The minimum absolute atomic E-state index is 0.109. The van der Waals surface area contributed by atoms with E-state index in [1.54, 1.807) is 0 Å². The second-order valence-corrected chi connectivity index (χ2v) is 9.08. The molecule has 0 heterocycles. The fourth-order valence-electron chi connectivity index (χ4n) is 2.83. The summed E-state index contributed by atoms with van der Waals surface area (Å²) in [6, 6.07) is 11.2. The summed E-state index contributed by atoms with van der Waals surface area (Å²) in [4.78, 5) is 14.9. The van der Waals surface area contributed by atoms with Crippen molar-refractivity contribution < 1.29 is 4.79 Å². The first-order valence-corrected chi connectivity index (χ1v) is 9.88. The van der Waals surface area contributed by atoms with Crippen LogP contribution in [0.2, 0.25) is 10.0 Å². The first-order valence-electron chi connectivity index (χ1n) is 9.12. The summed E-state index contributed by atoms with van der Waals surface area (Å²) in [7, 11) is 0. The Bertz CT molecular complexity index is 772. The zero-order valence-corrected chi connectivity index (χ0v) is 18.2. The Morgan fingerprint density at radius 3 is 2.07 bits per heavy atom. The Morgan fingerprint density at radius 2 is 1.56 bits per heavy atom. The number of nitrogens with one attached hydrogen (secondary N) is 1. The van der Waals surface area contributed by atoms with E-state index < -0.39 is 0 Å². The summed E-state index contributed by atoms with van der Waals surface area (Å²) < 4.78 is 0. The number of hydrogen-bond donors (Lipinski definition) is 1. The van der Waals surface area contributed by atoms with Crippen molar-refractivity contribution in [1.29, 1.82) is 0 Å². The van der Waals surface area contributed by atoms with Crippen LogP contribution >= 0.6 is 23.2 Å². The monoisotopic (exact) mass is 406 g/mol. The Labute approximate surface area is 172 Å². The van der Waals surface area contributed by atoms with Gasteiger partial charge in [-0.2, -0.15) is 0 Å². The second-order valence-electron chi connectivity index (χ2n) is 8.20. The van der Waals surface area contributed by atoms with Crippen LogP contribution in [0.15, 0.2) is 36.4 Å². The van der Waals surface area contributed by atoms with Crippen LogP contribution in [0.25, 0.3) is 0 Å². The number of amides is 2. The number of aryl methyl sites for hydroxylation is 2.